The number of rotatable bonds is 0. The molecule has 0 aliphatic carbocycles. The SMILES string of the molecule is Cl.Cl.Cl.Cl.Cl.Cl.Cl.Cl.[H-].[H-].[H-].[H-].[H-].[H-].[H-].[H-].[H-].[H-].[H-].[H-].[H-].[H-].[H-].[K+].[K+].[K+].[K+].[K+].[K+].[K+].[K+].[K+].[K+].[K+].[K+].[K+].[K+].[K+]. The summed E-state index contributed by atoms with van der Waals surface area (Å²) in [6.45, 7) is 0. The molecule has 0 heterocycles. The standard InChI is InChI=1S/8ClH.15K.15H/h8*1H;;;;;;;;;;;;;;;;;;;;;;;;;;;;;;/q;;;;;;;;15*+1;15*-1. The normalized spacial score (nSPS) is 0. The molecule has 0 aliphatic heterocycles. The molecular weight excluding hydrogens is 870 g/mol. The van der Waals surface area contributed by atoms with Gasteiger partial charge in [-0.2, -0.15) is 0 Å². The van der Waals surface area contributed by atoms with E-state index in [2.05, 4.69) is 0 Å². The molecule has 94 valence electrons. The Hall–Kier alpha value is 26.9. The van der Waals surface area contributed by atoms with Crippen LogP contribution in [-0.2, 0) is 0 Å². The Morgan fingerprint density at radius 1 is 0.130 bits per heavy atom. The first kappa shape index (κ1) is 165. The molecule has 0 saturated carbocycles. The van der Waals surface area contributed by atoms with Crippen molar-refractivity contribution in [1.29, 1.82) is 0 Å². The van der Waals surface area contributed by atoms with Crippen LogP contribution < -0.4 is 771 Å². The minimum absolute atomic E-state index is 0. The summed E-state index contributed by atoms with van der Waals surface area (Å²) in [5.74, 6) is 0. The van der Waals surface area contributed by atoms with E-state index in [0.29, 0.717) is 0 Å². The van der Waals surface area contributed by atoms with E-state index >= 15 is 0 Å². The summed E-state index contributed by atoms with van der Waals surface area (Å²) in [7, 11) is 0. The van der Waals surface area contributed by atoms with Crippen LogP contribution in [0, 0.1) is 0 Å². The maximum atomic E-state index is 0. The minimum Gasteiger partial charge on any atom is -1.00 e. The Morgan fingerprint density at radius 2 is 0.130 bits per heavy atom. The summed E-state index contributed by atoms with van der Waals surface area (Å²) in [5.41, 5.74) is 0. The molecule has 0 spiro atoms. The first-order chi connectivity index (χ1) is 0. The van der Waals surface area contributed by atoms with Gasteiger partial charge in [-0.25, -0.2) is 0 Å². The van der Waals surface area contributed by atoms with E-state index < -0.39 is 0 Å². The fourth-order valence-corrected chi connectivity index (χ4v) is 0. The number of halogens is 8. The van der Waals surface area contributed by atoms with Crippen molar-refractivity contribution in [1.82, 2.24) is 0 Å². The van der Waals surface area contributed by atoms with E-state index in [1.54, 1.807) is 0 Å². The zero-order valence-corrected chi connectivity index (χ0v) is 71.6. The van der Waals surface area contributed by atoms with Gasteiger partial charge in [0.05, 0.1) is 0 Å². The van der Waals surface area contributed by atoms with Gasteiger partial charge < -0.3 is 21.4 Å². The third-order valence-corrected chi connectivity index (χ3v) is 0. The van der Waals surface area contributed by atoms with E-state index in [-0.39, 0.29) is 891 Å². The van der Waals surface area contributed by atoms with E-state index in [0.717, 1.165) is 0 Å². The van der Waals surface area contributed by atoms with Crippen molar-refractivity contribution >= 4 is 99.3 Å². The van der Waals surface area contributed by atoms with Crippen molar-refractivity contribution in [2.75, 3.05) is 0 Å². The molecule has 0 atom stereocenters. The third kappa shape index (κ3) is 149. The fraction of sp³-hybridized carbons (Fsp3) is 0. The van der Waals surface area contributed by atoms with Crippen molar-refractivity contribution < 1.29 is 792 Å². The van der Waals surface area contributed by atoms with Crippen LogP contribution in [-0.4, -0.2) is 0 Å². The molecule has 0 saturated heterocycles. The average molecular weight is 893 g/mol. The van der Waals surface area contributed by atoms with Crippen LogP contribution in [0.4, 0.5) is 0 Å². The molecule has 0 rings (SSSR count). The Balaban J connectivity index is 0. The molecule has 0 bridgehead atoms. The van der Waals surface area contributed by atoms with Crippen LogP contribution in [0.2, 0.25) is 0 Å². The van der Waals surface area contributed by atoms with Crippen molar-refractivity contribution in [3.8, 4) is 0 Å². The van der Waals surface area contributed by atoms with E-state index in [1.165, 1.54) is 0 Å². The van der Waals surface area contributed by atoms with Gasteiger partial charge in [-0.15, -0.1) is 99.3 Å². The molecule has 0 aromatic rings. The Bertz CT molecular complexity index is 58.2. The monoisotopic (exact) mass is 887 g/mol. The van der Waals surface area contributed by atoms with E-state index in [9.17, 15) is 0 Å². The van der Waals surface area contributed by atoms with Crippen LogP contribution in [0.3, 0.4) is 0 Å². The van der Waals surface area contributed by atoms with Gasteiger partial charge in [-0.1, -0.05) is 0 Å². The van der Waals surface area contributed by atoms with Crippen LogP contribution >= 0.6 is 99.3 Å². The van der Waals surface area contributed by atoms with E-state index in [4.69, 9.17) is 0 Å². The number of hydrogen-bond donors (Lipinski definition) is 0. The molecule has 0 aliphatic rings. The summed E-state index contributed by atoms with van der Waals surface area (Å²) in [5, 5.41) is 0. The van der Waals surface area contributed by atoms with Gasteiger partial charge in [0, 0.05) is 0 Å². The van der Waals surface area contributed by atoms with Crippen molar-refractivity contribution in [3.05, 3.63) is 0 Å². The fourth-order valence-electron chi connectivity index (χ4n) is 0. The van der Waals surface area contributed by atoms with Gasteiger partial charge in [-0.3, -0.25) is 0 Å². The second kappa shape index (κ2) is 155. The van der Waals surface area contributed by atoms with Crippen LogP contribution in [0.25, 0.3) is 0 Å². The maximum absolute atomic E-state index is 0. The van der Waals surface area contributed by atoms with Gasteiger partial charge in [0.1, 0.15) is 0 Å². The van der Waals surface area contributed by atoms with Gasteiger partial charge in [0.15, 0.2) is 0 Å². The zero-order valence-electron chi connectivity index (χ0n) is 33.3. The Morgan fingerprint density at radius 3 is 0.130 bits per heavy atom. The van der Waals surface area contributed by atoms with Gasteiger partial charge in [-0.05, 0) is 0 Å². The predicted octanol–water partition coefficient (Wildman–Crippen LogP) is -39.9. The average Bonchev–Trinajstić information content (AvgIpc) is 0. The van der Waals surface area contributed by atoms with E-state index in [1.807, 2.05) is 0 Å². The van der Waals surface area contributed by atoms with Crippen LogP contribution in [0.15, 0.2) is 0 Å². The summed E-state index contributed by atoms with van der Waals surface area (Å²) < 4.78 is 0. The molecule has 23 heteroatoms. The molecule has 0 nitrogen and oxygen atoms in total. The summed E-state index contributed by atoms with van der Waals surface area (Å²) in [4.78, 5) is 0. The predicted molar refractivity (Wildman–Crippen MR) is 74.7 cm³/mol. The smallest absolute Gasteiger partial charge is 1.00 e. The van der Waals surface area contributed by atoms with Gasteiger partial charge in [0.25, 0.3) is 0 Å². The molecule has 0 aromatic carbocycles. The molecule has 23 heavy (non-hydrogen) atoms. The summed E-state index contributed by atoms with van der Waals surface area (Å²) in [6, 6.07) is 0. The second-order valence-corrected chi connectivity index (χ2v) is 0. The molecule has 0 fully saturated rings. The molecule has 0 aromatic heterocycles. The van der Waals surface area contributed by atoms with Crippen LogP contribution in [0.1, 0.15) is 21.4 Å². The molecule has 0 amide bonds. The van der Waals surface area contributed by atoms with Gasteiger partial charge in [0.2, 0.25) is 0 Å². The quantitative estimate of drug-likeness (QED) is 0.213. The van der Waals surface area contributed by atoms with Crippen molar-refractivity contribution in [2.24, 2.45) is 0 Å². The Kier molecular flexibility index (Phi) is 1110. The maximum Gasteiger partial charge on any atom is 1.00 e. The zero-order chi connectivity index (χ0) is 0. The minimum atomic E-state index is 0. The number of hydrogen-bond acceptors (Lipinski definition) is 0. The molecule has 0 N–H and O–H groups in total. The summed E-state index contributed by atoms with van der Waals surface area (Å²) >= 11 is 0. The topological polar surface area (TPSA) is 0 Å². The Labute approximate surface area is 855 Å². The second-order valence-electron chi connectivity index (χ2n) is 0. The molecule has 0 unspecified atom stereocenters. The van der Waals surface area contributed by atoms with Crippen molar-refractivity contribution in [2.45, 2.75) is 0 Å². The molecular formula is H23Cl8K15. The summed E-state index contributed by atoms with van der Waals surface area (Å²) in [6.07, 6.45) is 0. The first-order valence-electron chi connectivity index (χ1n) is 0. The van der Waals surface area contributed by atoms with Crippen molar-refractivity contribution in [3.63, 3.8) is 0 Å². The van der Waals surface area contributed by atoms with Gasteiger partial charge >= 0.3 is 771 Å². The third-order valence-electron chi connectivity index (χ3n) is 0. The largest absolute Gasteiger partial charge is 1.00 e. The molecule has 0 radical (unpaired) electrons. The van der Waals surface area contributed by atoms with Crippen LogP contribution in [0.5, 0.6) is 0 Å². The first-order valence-corrected chi connectivity index (χ1v) is 0.